The second-order valence-corrected chi connectivity index (χ2v) is 19.9. The maximum Gasteiger partial charge on any atom is 2.00 e. The van der Waals surface area contributed by atoms with Gasteiger partial charge in [-0.1, -0.05) is 127 Å². The maximum atomic E-state index is 5.97. The molecule has 0 amide bonds. The van der Waals surface area contributed by atoms with E-state index < -0.39 is 0 Å². The van der Waals surface area contributed by atoms with E-state index >= 15 is 0 Å². The molecule has 0 unspecified atom stereocenters. The minimum Gasteiger partial charge on any atom is -1.00 e. The summed E-state index contributed by atoms with van der Waals surface area (Å²) in [6, 6.07) is 59.1. The topological polar surface area (TPSA) is 219 Å². The average Bonchev–Trinajstić information content (AvgIpc) is 1.30. The second-order valence-electron chi connectivity index (χ2n) is 19.9. The van der Waals surface area contributed by atoms with Gasteiger partial charge in [-0.15, -0.1) is 0 Å². The molecule has 0 saturated carbocycles. The van der Waals surface area contributed by atoms with Crippen LogP contribution >= 0.6 is 0 Å². The molecule has 0 bridgehead atoms. The summed E-state index contributed by atoms with van der Waals surface area (Å²) in [5.74, 6) is 0. The third-order valence-corrected chi connectivity index (χ3v) is 13.4. The van der Waals surface area contributed by atoms with Crippen LogP contribution in [0.5, 0.6) is 0 Å². The Morgan fingerprint density at radius 2 is 0.583 bits per heavy atom. The maximum absolute atomic E-state index is 5.97. The van der Waals surface area contributed by atoms with Crippen molar-refractivity contribution < 1.29 is 98.0 Å². The van der Waals surface area contributed by atoms with Gasteiger partial charge in [-0.05, 0) is 88.0 Å². The van der Waals surface area contributed by atoms with Gasteiger partial charge in [0.25, 0.3) is 0 Å². The standard InChI is InChI=1S/3C24H21N5O.4ClH.2Fe/c2*1-2-6-20(7-3-1)24(29-16-21-15-25-12-13-26-21)18-30-17-19-9-10-23(28-14-19)22-8-4-5-11-27-22;1-2-6-20(7-3-1)24(29-15-21-8-4-5-11-26-21)18-30-17-19-9-10-22(28-14-19)23-16-25-12-13-27-23;;;;;;/h3*1-16,24H,17-18H2;4*1H;;/q;;;;;;;2*+2/p-4/t3*24-;;;;;;/m000....../s1. The molecule has 0 saturated heterocycles. The fraction of sp³-hybridized carbons (Fsp3) is 0.125. The number of rotatable bonds is 24. The summed E-state index contributed by atoms with van der Waals surface area (Å²) in [7, 11) is 0. The Kier molecular flexibility index (Phi) is 37.4. The van der Waals surface area contributed by atoms with E-state index in [2.05, 4.69) is 81.9 Å². The van der Waals surface area contributed by atoms with Crippen molar-refractivity contribution in [2.24, 2.45) is 15.0 Å². The first-order chi connectivity index (χ1) is 44.6. The van der Waals surface area contributed by atoms with Crippen LogP contribution in [0.3, 0.4) is 0 Å². The molecule has 0 aliphatic carbocycles. The zero-order valence-corrected chi connectivity index (χ0v) is 56.6. The molecule has 12 rings (SSSR count). The van der Waals surface area contributed by atoms with Gasteiger partial charge in [0.15, 0.2) is 0 Å². The summed E-state index contributed by atoms with van der Waals surface area (Å²) in [6.07, 6.45) is 30.9. The quantitative estimate of drug-likeness (QED) is 0.0608. The molecule has 0 aliphatic heterocycles. The molecule has 0 aliphatic rings. The number of pyridine rings is 6. The van der Waals surface area contributed by atoms with Crippen LogP contribution in [0.1, 0.15) is 68.6 Å². The summed E-state index contributed by atoms with van der Waals surface area (Å²) >= 11 is 0. The number of aliphatic imine (C=N–C) groups is 3. The molecule has 12 aromatic rings. The van der Waals surface area contributed by atoms with Crippen LogP contribution in [-0.2, 0) is 68.2 Å². The number of hydrogen-bond donors (Lipinski definition) is 0. The second kappa shape index (κ2) is 45.3. The van der Waals surface area contributed by atoms with Crippen LogP contribution in [0, 0.1) is 0 Å². The Morgan fingerprint density at radius 1 is 0.271 bits per heavy atom. The summed E-state index contributed by atoms with van der Waals surface area (Å²) in [5, 5.41) is 0. The molecule has 0 radical (unpaired) electrons. The molecule has 18 nitrogen and oxygen atoms in total. The number of benzene rings is 3. The minimum absolute atomic E-state index is 0. The fourth-order valence-corrected chi connectivity index (χ4v) is 8.72. The van der Waals surface area contributed by atoms with Gasteiger partial charge < -0.3 is 63.8 Å². The van der Waals surface area contributed by atoms with Crippen LogP contribution in [0.25, 0.3) is 34.2 Å². The molecular formula is C72H63Cl4Fe2N15O3. The molecule has 3 atom stereocenters. The molecule has 9 heterocycles. The first-order valence-corrected chi connectivity index (χ1v) is 29.0. The van der Waals surface area contributed by atoms with Gasteiger partial charge >= 0.3 is 34.1 Å². The third-order valence-electron chi connectivity index (χ3n) is 13.4. The molecule has 0 N–H and O–H groups in total. The summed E-state index contributed by atoms with van der Waals surface area (Å²) in [4.78, 5) is 65.4. The van der Waals surface area contributed by atoms with E-state index in [1.54, 1.807) is 99.2 Å². The van der Waals surface area contributed by atoms with Crippen LogP contribution in [0.15, 0.2) is 290 Å². The minimum atomic E-state index is -0.131. The molecule has 0 spiro atoms. The largest absolute Gasteiger partial charge is 2.00 e. The molecule has 24 heteroatoms. The predicted octanol–water partition coefficient (Wildman–Crippen LogP) is 0.943. The summed E-state index contributed by atoms with van der Waals surface area (Å²) in [5.41, 5.74) is 13.4. The van der Waals surface area contributed by atoms with Crippen molar-refractivity contribution in [2.45, 2.75) is 37.9 Å². The Labute approximate surface area is 604 Å². The Bertz CT molecular complexity index is 3630. The molecular weight excluding hydrogens is 1380 g/mol. The van der Waals surface area contributed by atoms with Crippen LogP contribution in [0.2, 0.25) is 0 Å². The predicted molar refractivity (Wildman–Crippen MR) is 348 cm³/mol. The van der Waals surface area contributed by atoms with Crippen molar-refractivity contribution in [2.75, 3.05) is 19.8 Å². The molecule has 488 valence electrons. The monoisotopic (exact) mass is 1440 g/mol. The van der Waals surface area contributed by atoms with E-state index in [1.807, 2.05) is 182 Å². The van der Waals surface area contributed by atoms with Crippen LogP contribution < -0.4 is 49.6 Å². The molecule has 0 fully saturated rings. The van der Waals surface area contributed by atoms with E-state index in [0.717, 1.165) is 73.2 Å². The van der Waals surface area contributed by atoms with Gasteiger partial charge in [0.2, 0.25) is 0 Å². The Balaban J connectivity index is 0.000000297. The van der Waals surface area contributed by atoms with Crippen molar-refractivity contribution >= 4 is 18.6 Å². The average molecular weight is 1440 g/mol. The van der Waals surface area contributed by atoms with E-state index in [-0.39, 0.29) is 102 Å². The van der Waals surface area contributed by atoms with Crippen molar-refractivity contribution in [1.29, 1.82) is 0 Å². The van der Waals surface area contributed by atoms with Gasteiger partial charge in [0.1, 0.15) is 5.69 Å². The first-order valence-electron chi connectivity index (χ1n) is 29.0. The first kappa shape index (κ1) is 79.3. The number of nitrogens with zero attached hydrogens (tertiary/aromatic N) is 15. The molecule has 3 aromatic carbocycles. The smallest absolute Gasteiger partial charge is 1.00 e. The van der Waals surface area contributed by atoms with E-state index in [1.165, 1.54) is 0 Å². The van der Waals surface area contributed by atoms with Gasteiger partial charge in [0.05, 0.1) is 122 Å². The Morgan fingerprint density at radius 3 is 0.896 bits per heavy atom. The van der Waals surface area contributed by atoms with Crippen molar-refractivity contribution in [3.63, 3.8) is 0 Å². The van der Waals surface area contributed by atoms with Gasteiger partial charge in [-0.2, -0.15) is 0 Å². The van der Waals surface area contributed by atoms with Crippen LogP contribution in [0.4, 0.5) is 0 Å². The fourth-order valence-electron chi connectivity index (χ4n) is 8.72. The van der Waals surface area contributed by atoms with E-state index in [4.69, 9.17) is 19.2 Å². The third kappa shape index (κ3) is 26.6. The van der Waals surface area contributed by atoms with E-state index in [0.29, 0.717) is 51.0 Å². The number of aromatic nitrogens is 12. The SMILES string of the molecule is C(=N[C@@H](COCc1ccc(-c2ccccn2)nc1)c1ccccc1)c1cnccn1.C(=N[C@@H](COCc1ccc(-c2ccccn2)nc1)c1ccccc1)c1cnccn1.C(=N[C@@H](COCc1ccc(-c2cnccn2)nc1)c1ccccc1)c1ccccn1.[Cl-].[Cl-].[Cl-].[Cl-].[Fe+2].[Fe+2]. The number of hydrogen-bond acceptors (Lipinski definition) is 18. The van der Waals surface area contributed by atoms with Crippen LogP contribution in [-0.4, -0.2) is 98.3 Å². The van der Waals surface area contributed by atoms with E-state index in [9.17, 15) is 0 Å². The van der Waals surface area contributed by atoms with Gasteiger partial charge in [-0.3, -0.25) is 74.8 Å². The van der Waals surface area contributed by atoms with Gasteiger partial charge in [-0.25, -0.2) is 0 Å². The number of ether oxygens (including phenoxy) is 3. The normalized spacial score (nSPS) is 11.4. The summed E-state index contributed by atoms with van der Waals surface area (Å²) in [6.45, 7) is 2.72. The summed E-state index contributed by atoms with van der Waals surface area (Å²) < 4.78 is 17.9. The molecule has 96 heavy (non-hydrogen) atoms. The van der Waals surface area contributed by atoms with Crippen molar-refractivity contribution in [3.8, 4) is 34.2 Å². The zero-order chi connectivity index (χ0) is 61.3. The number of halogens is 4. The van der Waals surface area contributed by atoms with Gasteiger partial charge in [0, 0.05) is 93.0 Å². The van der Waals surface area contributed by atoms with Crippen molar-refractivity contribution in [3.05, 3.63) is 325 Å². The van der Waals surface area contributed by atoms with Crippen molar-refractivity contribution in [1.82, 2.24) is 59.8 Å². The Hall–Kier alpha value is -9.11. The zero-order valence-electron chi connectivity index (χ0n) is 51.3. The molecule has 9 aromatic heterocycles.